The van der Waals surface area contributed by atoms with Crippen molar-refractivity contribution in [2.75, 3.05) is 6.61 Å². The quantitative estimate of drug-likeness (QED) is 0.562. The molecule has 0 amide bonds. The smallest absolute Gasteiger partial charge is 0.325 e. The molecule has 0 fully saturated rings. The Labute approximate surface area is 116 Å². The molecule has 1 rings (SSSR count). The van der Waals surface area contributed by atoms with E-state index in [-0.39, 0.29) is 13.0 Å². The number of aromatic amines is 2. The number of hydrogen-bond donors (Lipinski definition) is 4. The van der Waals surface area contributed by atoms with Crippen molar-refractivity contribution in [3.63, 3.8) is 0 Å². The lowest BCUT2D eigenvalue weighted by atomic mass is 9.86. The Morgan fingerprint density at radius 1 is 1.35 bits per heavy atom. The lowest BCUT2D eigenvalue weighted by Crippen LogP contribution is -2.45. The first-order chi connectivity index (χ1) is 9.08. The monoisotopic (exact) mass is 305 g/mol. The Balaban J connectivity index is 3.16. The highest BCUT2D eigenvalue weighted by molar-refractivity contribution is 7.89. The average Bonchev–Trinajstić information content (AvgIpc) is 2.26. The van der Waals surface area contributed by atoms with Crippen LogP contribution in [0.25, 0.3) is 0 Å². The standard InChI is InChI=1S/C11H19N3O5S/c1-11(2,3)8(4-5-15)14-20(18,19)7-6-12-10(17)13-9(7)16/h6,8,14-15H,4-5H2,1-3H3,(H2,12,13,16,17). The molecule has 1 aromatic rings. The first-order valence-electron chi connectivity index (χ1n) is 6.03. The van der Waals surface area contributed by atoms with Crippen LogP contribution in [0.1, 0.15) is 27.2 Å². The molecule has 0 saturated carbocycles. The zero-order valence-electron chi connectivity index (χ0n) is 11.6. The van der Waals surface area contributed by atoms with Gasteiger partial charge in [-0.25, -0.2) is 17.9 Å². The van der Waals surface area contributed by atoms with Gasteiger partial charge >= 0.3 is 5.69 Å². The van der Waals surface area contributed by atoms with Gasteiger partial charge in [0.2, 0.25) is 10.0 Å². The fourth-order valence-corrected chi connectivity index (χ4v) is 3.13. The van der Waals surface area contributed by atoms with Crippen LogP contribution in [0.15, 0.2) is 20.7 Å². The van der Waals surface area contributed by atoms with E-state index < -0.39 is 37.6 Å². The summed E-state index contributed by atoms with van der Waals surface area (Å²) in [6.45, 7) is 5.25. The Morgan fingerprint density at radius 3 is 2.40 bits per heavy atom. The summed E-state index contributed by atoms with van der Waals surface area (Å²) < 4.78 is 26.7. The fourth-order valence-electron chi connectivity index (χ4n) is 1.65. The number of nitrogens with one attached hydrogen (secondary N) is 3. The van der Waals surface area contributed by atoms with Crippen LogP contribution in [0.3, 0.4) is 0 Å². The molecule has 1 aromatic heterocycles. The van der Waals surface area contributed by atoms with Gasteiger partial charge in [-0.3, -0.25) is 9.78 Å². The molecule has 0 bridgehead atoms. The zero-order valence-corrected chi connectivity index (χ0v) is 12.4. The zero-order chi connectivity index (χ0) is 15.6. The number of rotatable bonds is 5. The summed E-state index contributed by atoms with van der Waals surface area (Å²) in [5.41, 5.74) is -2.21. The van der Waals surface area contributed by atoms with Gasteiger partial charge in [-0.05, 0) is 11.8 Å². The van der Waals surface area contributed by atoms with E-state index in [1.807, 2.05) is 25.8 Å². The van der Waals surface area contributed by atoms with E-state index in [0.29, 0.717) is 0 Å². The lowest BCUT2D eigenvalue weighted by molar-refractivity contribution is 0.214. The SMILES string of the molecule is CC(C)(C)C(CCO)NS(=O)(=O)c1c[nH]c(=O)[nH]c1=O. The number of hydrogen-bond acceptors (Lipinski definition) is 5. The molecule has 1 unspecified atom stereocenters. The van der Waals surface area contributed by atoms with Crippen LogP contribution in [0.2, 0.25) is 0 Å². The Bertz CT molecular complexity index is 668. The van der Waals surface area contributed by atoms with Gasteiger partial charge in [0.25, 0.3) is 5.56 Å². The van der Waals surface area contributed by atoms with Crippen LogP contribution in [-0.2, 0) is 10.0 Å². The van der Waals surface area contributed by atoms with Crippen molar-refractivity contribution >= 4 is 10.0 Å². The molecule has 0 saturated heterocycles. The van der Waals surface area contributed by atoms with Gasteiger partial charge in [0, 0.05) is 18.8 Å². The Morgan fingerprint density at radius 2 is 1.95 bits per heavy atom. The van der Waals surface area contributed by atoms with Gasteiger partial charge in [0.05, 0.1) is 0 Å². The van der Waals surface area contributed by atoms with E-state index in [4.69, 9.17) is 5.11 Å². The van der Waals surface area contributed by atoms with Crippen molar-refractivity contribution in [3.05, 3.63) is 27.0 Å². The predicted octanol–water partition coefficient (Wildman–Crippen LogP) is -0.861. The van der Waals surface area contributed by atoms with Crippen LogP contribution >= 0.6 is 0 Å². The van der Waals surface area contributed by atoms with E-state index in [1.165, 1.54) is 0 Å². The van der Waals surface area contributed by atoms with E-state index in [2.05, 4.69) is 9.71 Å². The molecule has 0 aliphatic carbocycles. The second kappa shape index (κ2) is 5.90. The van der Waals surface area contributed by atoms with Gasteiger partial charge in [0.15, 0.2) is 4.90 Å². The molecule has 114 valence electrons. The third kappa shape index (κ3) is 4.02. The van der Waals surface area contributed by atoms with Crippen molar-refractivity contribution in [2.24, 2.45) is 5.41 Å². The first kappa shape index (κ1) is 16.6. The summed E-state index contributed by atoms with van der Waals surface area (Å²) in [5.74, 6) is 0. The van der Waals surface area contributed by atoms with Gasteiger partial charge in [-0.15, -0.1) is 0 Å². The molecular formula is C11H19N3O5S. The third-order valence-corrected chi connectivity index (χ3v) is 4.31. The number of H-pyrrole nitrogens is 2. The highest BCUT2D eigenvalue weighted by atomic mass is 32.2. The molecule has 0 spiro atoms. The van der Waals surface area contributed by atoms with Crippen molar-refractivity contribution in [1.29, 1.82) is 0 Å². The highest BCUT2D eigenvalue weighted by Gasteiger charge is 2.30. The van der Waals surface area contributed by atoms with Crippen molar-refractivity contribution in [3.8, 4) is 0 Å². The normalized spacial score (nSPS) is 14.2. The topological polar surface area (TPSA) is 132 Å². The maximum Gasteiger partial charge on any atom is 0.325 e. The van der Waals surface area contributed by atoms with Crippen molar-refractivity contribution < 1.29 is 13.5 Å². The number of aliphatic hydroxyl groups excluding tert-OH is 1. The van der Waals surface area contributed by atoms with E-state index in [0.717, 1.165) is 6.20 Å². The first-order valence-corrected chi connectivity index (χ1v) is 7.51. The summed E-state index contributed by atoms with van der Waals surface area (Å²) in [7, 11) is -4.09. The largest absolute Gasteiger partial charge is 0.396 e. The van der Waals surface area contributed by atoms with Crippen LogP contribution in [0, 0.1) is 5.41 Å². The molecule has 0 aliphatic heterocycles. The number of aromatic nitrogens is 2. The molecule has 0 aromatic carbocycles. The maximum atomic E-state index is 12.2. The minimum absolute atomic E-state index is 0.188. The minimum Gasteiger partial charge on any atom is -0.396 e. The summed E-state index contributed by atoms with van der Waals surface area (Å²) >= 11 is 0. The van der Waals surface area contributed by atoms with Crippen LogP contribution in [0.4, 0.5) is 0 Å². The molecule has 9 heteroatoms. The predicted molar refractivity (Wildman–Crippen MR) is 73.0 cm³/mol. The highest BCUT2D eigenvalue weighted by Crippen LogP contribution is 2.23. The summed E-state index contributed by atoms with van der Waals surface area (Å²) in [6, 6.07) is -0.552. The fraction of sp³-hybridized carbons (Fsp3) is 0.636. The molecule has 1 atom stereocenters. The average molecular weight is 305 g/mol. The summed E-state index contributed by atoms with van der Waals surface area (Å²) in [6.07, 6.45) is 1.06. The lowest BCUT2D eigenvalue weighted by Gasteiger charge is -2.30. The molecule has 4 N–H and O–H groups in total. The number of aliphatic hydroxyl groups is 1. The van der Waals surface area contributed by atoms with Crippen LogP contribution in [0.5, 0.6) is 0 Å². The molecule has 0 aliphatic rings. The van der Waals surface area contributed by atoms with Crippen LogP contribution in [-0.4, -0.2) is 36.1 Å². The maximum absolute atomic E-state index is 12.2. The number of sulfonamides is 1. The van der Waals surface area contributed by atoms with Gasteiger partial charge in [-0.2, -0.15) is 0 Å². The Hall–Kier alpha value is -1.45. The van der Waals surface area contributed by atoms with Crippen LogP contribution < -0.4 is 16.0 Å². The second-order valence-corrected chi connectivity index (χ2v) is 7.17. The van der Waals surface area contributed by atoms with Crippen molar-refractivity contribution in [2.45, 2.75) is 38.1 Å². The second-order valence-electron chi connectivity index (χ2n) is 5.49. The molecule has 0 radical (unpaired) electrons. The van der Waals surface area contributed by atoms with Gasteiger partial charge in [0.1, 0.15) is 0 Å². The summed E-state index contributed by atoms with van der Waals surface area (Å²) in [4.78, 5) is 25.8. The molecule has 20 heavy (non-hydrogen) atoms. The molecule has 8 nitrogen and oxygen atoms in total. The minimum atomic E-state index is -4.09. The van der Waals surface area contributed by atoms with Gasteiger partial charge < -0.3 is 10.1 Å². The van der Waals surface area contributed by atoms with E-state index in [9.17, 15) is 18.0 Å². The molecule has 1 heterocycles. The van der Waals surface area contributed by atoms with E-state index >= 15 is 0 Å². The third-order valence-electron chi connectivity index (χ3n) is 2.84. The molecular weight excluding hydrogens is 286 g/mol. The van der Waals surface area contributed by atoms with E-state index in [1.54, 1.807) is 0 Å². The van der Waals surface area contributed by atoms with Gasteiger partial charge in [-0.1, -0.05) is 20.8 Å². The Kier molecular flexibility index (Phi) is 4.90. The summed E-state index contributed by atoms with van der Waals surface area (Å²) in [5, 5.41) is 9.01. The van der Waals surface area contributed by atoms with Crippen molar-refractivity contribution in [1.82, 2.24) is 14.7 Å².